The molecule has 0 unspecified atom stereocenters. The maximum atomic E-state index is 6.15. The lowest BCUT2D eigenvalue weighted by Crippen LogP contribution is -2.03. The predicted molar refractivity (Wildman–Crippen MR) is 75.3 cm³/mol. The van der Waals surface area contributed by atoms with Gasteiger partial charge in [-0.05, 0) is 37.6 Å². The Morgan fingerprint density at radius 3 is 2.67 bits per heavy atom. The van der Waals surface area contributed by atoms with Crippen molar-refractivity contribution in [2.75, 3.05) is 5.32 Å². The minimum absolute atomic E-state index is 0.586. The van der Waals surface area contributed by atoms with Gasteiger partial charge in [0.1, 0.15) is 5.82 Å². The van der Waals surface area contributed by atoms with Crippen molar-refractivity contribution in [1.82, 2.24) is 9.97 Å². The maximum Gasteiger partial charge on any atom is 0.125 e. The Kier molecular flexibility index (Phi) is 4.04. The standard InChI is InChI=1S/C13H13Cl2N3/c1-8-5-12(15)13(6-11(8)14)17-7-10-3-4-16-9(2)18-10/h3-6,17H,7H2,1-2H3. The number of benzene rings is 1. The van der Waals surface area contributed by atoms with E-state index in [9.17, 15) is 0 Å². The molecule has 0 spiro atoms. The summed E-state index contributed by atoms with van der Waals surface area (Å²) in [7, 11) is 0. The Morgan fingerprint density at radius 2 is 1.94 bits per heavy atom. The molecule has 2 rings (SSSR count). The molecule has 18 heavy (non-hydrogen) atoms. The van der Waals surface area contributed by atoms with Crippen molar-refractivity contribution >= 4 is 28.9 Å². The Labute approximate surface area is 116 Å². The van der Waals surface area contributed by atoms with E-state index in [0.717, 1.165) is 22.8 Å². The molecular weight excluding hydrogens is 269 g/mol. The number of hydrogen-bond acceptors (Lipinski definition) is 3. The fourth-order valence-corrected chi connectivity index (χ4v) is 2.02. The molecule has 0 radical (unpaired) electrons. The van der Waals surface area contributed by atoms with Crippen molar-refractivity contribution in [1.29, 1.82) is 0 Å². The van der Waals surface area contributed by atoms with Gasteiger partial charge in [-0.15, -0.1) is 0 Å². The van der Waals surface area contributed by atoms with Gasteiger partial charge in [0.2, 0.25) is 0 Å². The Balaban J connectivity index is 2.13. The van der Waals surface area contributed by atoms with Crippen LogP contribution in [0.5, 0.6) is 0 Å². The maximum absolute atomic E-state index is 6.15. The second kappa shape index (κ2) is 5.55. The molecule has 0 aliphatic rings. The Hall–Kier alpha value is -1.32. The van der Waals surface area contributed by atoms with Crippen LogP contribution in [-0.2, 0) is 6.54 Å². The molecule has 94 valence electrons. The van der Waals surface area contributed by atoms with E-state index in [2.05, 4.69) is 15.3 Å². The van der Waals surface area contributed by atoms with E-state index in [1.165, 1.54) is 0 Å². The van der Waals surface area contributed by atoms with Crippen LogP contribution in [0.15, 0.2) is 24.4 Å². The normalized spacial score (nSPS) is 10.4. The quantitative estimate of drug-likeness (QED) is 0.924. The van der Waals surface area contributed by atoms with Gasteiger partial charge >= 0.3 is 0 Å². The third-order valence-electron chi connectivity index (χ3n) is 2.54. The molecule has 1 aromatic carbocycles. The summed E-state index contributed by atoms with van der Waals surface area (Å²) in [5.74, 6) is 0.752. The monoisotopic (exact) mass is 281 g/mol. The van der Waals surface area contributed by atoms with Crippen molar-refractivity contribution in [3.05, 3.63) is 51.5 Å². The van der Waals surface area contributed by atoms with E-state index in [0.29, 0.717) is 16.6 Å². The number of nitrogens with one attached hydrogen (secondary N) is 1. The molecule has 0 atom stereocenters. The highest BCUT2D eigenvalue weighted by Crippen LogP contribution is 2.28. The smallest absolute Gasteiger partial charge is 0.125 e. The Morgan fingerprint density at radius 1 is 1.17 bits per heavy atom. The van der Waals surface area contributed by atoms with Gasteiger partial charge in [0.25, 0.3) is 0 Å². The molecule has 0 saturated heterocycles. The molecule has 5 heteroatoms. The molecular formula is C13H13Cl2N3. The molecule has 0 bridgehead atoms. The van der Waals surface area contributed by atoms with E-state index >= 15 is 0 Å². The number of aromatic nitrogens is 2. The van der Waals surface area contributed by atoms with Gasteiger partial charge in [-0.3, -0.25) is 0 Å². The third-order valence-corrected chi connectivity index (χ3v) is 3.26. The molecule has 0 aliphatic heterocycles. The van der Waals surface area contributed by atoms with E-state index in [-0.39, 0.29) is 0 Å². The van der Waals surface area contributed by atoms with E-state index in [4.69, 9.17) is 23.2 Å². The lowest BCUT2D eigenvalue weighted by Gasteiger charge is -2.10. The van der Waals surface area contributed by atoms with Crippen LogP contribution >= 0.6 is 23.2 Å². The van der Waals surface area contributed by atoms with Gasteiger partial charge in [-0.2, -0.15) is 0 Å². The van der Waals surface area contributed by atoms with Crippen LogP contribution in [0.4, 0.5) is 5.69 Å². The van der Waals surface area contributed by atoms with Crippen molar-refractivity contribution in [3.8, 4) is 0 Å². The van der Waals surface area contributed by atoms with Crippen LogP contribution in [0.1, 0.15) is 17.1 Å². The zero-order valence-electron chi connectivity index (χ0n) is 10.2. The number of halogens is 2. The summed E-state index contributed by atoms with van der Waals surface area (Å²) in [4.78, 5) is 8.36. The van der Waals surface area contributed by atoms with Gasteiger partial charge in [0.15, 0.2) is 0 Å². The second-order valence-corrected chi connectivity index (χ2v) is 4.84. The fourth-order valence-electron chi connectivity index (χ4n) is 1.57. The van der Waals surface area contributed by atoms with Gasteiger partial charge in [0, 0.05) is 11.2 Å². The van der Waals surface area contributed by atoms with Crippen molar-refractivity contribution < 1.29 is 0 Å². The van der Waals surface area contributed by atoms with Crippen LogP contribution in [-0.4, -0.2) is 9.97 Å². The zero-order chi connectivity index (χ0) is 13.1. The molecule has 3 nitrogen and oxygen atoms in total. The van der Waals surface area contributed by atoms with Crippen molar-refractivity contribution in [3.63, 3.8) is 0 Å². The zero-order valence-corrected chi connectivity index (χ0v) is 11.7. The van der Waals surface area contributed by atoms with Crippen LogP contribution in [0.3, 0.4) is 0 Å². The second-order valence-electron chi connectivity index (χ2n) is 4.03. The van der Waals surface area contributed by atoms with Crippen LogP contribution in [0, 0.1) is 13.8 Å². The molecule has 0 fully saturated rings. The predicted octanol–water partition coefficient (Wildman–Crippen LogP) is 4.01. The van der Waals surface area contributed by atoms with Gasteiger partial charge in [-0.25, -0.2) is 9.97 Å². The molecule has 0 saturated carbocycles. The third kappa shape index (κ3) is 3.12. The summed E-state index contributed by atoms with van der Waals surface area (Å²) in [5, 5.41) is 4.57. The van der Waals surface area contributed by atoms with Crippen LogP contribution in [0.25, 0.3) is 0 Å². The lowest BCUT2D eigenvalue weighted by atomic mass is 10.2. The number of anilines is 1. The molecule has 0 aliphatic carbocycles. The number of rotatable bonds is 3. The Bertz CT molecular complexity index is 570. The highest BCUT2D eigenvalue weighted by Gasteiger charge is 2.05. The fraction of sp³-hybridized carbons (Fsp3) is 0.231. The topological polar surface area (TPSA) is 37.8 Å². The number of hydrogen-bond donors (Lipinski definition) is 1. The average Bonchev–Trinajstić information content (AvgIpc) is 2.32. The first-order valence-electron chi connectivity index (χ1n) is 5.54. The SMILES string of the molecule is Cc1nccc(CNc2cc(Cl)c(C)cc2Cl)n1. The molecule has 2 aromatic rings. The summed E-state index contributed by atoms with van der Waals surface area (Å²) in [5.41, 5.74) is 2.68. The minimum Gasteiger partial charge on any atom is -0.378 e. The molecule has 1 aromatic heterocycles. The molecule has 1 N–H and O–H groups in total. The molecule has 1 heterocycles. The summed E-state index contributed by atoms with van der Waals surface area (Å²) in [6, 6.07) is 5.54. The largest absolute Gasteiger partial charge is 0.378 e. The number of aryl methyl sites for hydroxylation is 2. The summed E-state index contributed by atoms with van der Waals surface area (Å²) >= 11 is 12.2. The van der Waals surface area contributed by atoms with Crippen LogP contribution < -0.4 is 5.32 Å². The summed E-state index contributed by atoms with van der Waals surface area (Å²) < 4.78 is 0. The number of nitrogens with zero attached hydrogens (tertiary/aromatic N) is 2. The highest BCUT2D eigenvalue weighted by atomic mass is 35.5. The first kappa shape index (κ1) is 13.1. The van der Waals surface area contributed by atoms with Crippen LogP contribution in [0.2, 0.25) is 10.0 Å². The van der Waals surface area contributed by atoms with E-state index < -0.39 is 0 Å². The first-order valence-corrected chi connectivity index (χ1v) is 6.30. The van der Waals surface area contributed by atoms with Gasteiger partial charge in [-0.1, -0.05) is 23.2 Å². The van der Waals surface area contributed by atoms with Gasteiger partial charge in [0.05, 0.1) is 22.9 Å². The average molecular weight is 282 g/mol. The van der Waals surface area contributed by atoms with Gasteiger partial charge < -0.3 is 5.32 Å². The summed E-state index contributed by atoms with van der Waals surface area (Å²) in [6.45, 7) is 4.37. The summed E-state index contributed by atoms with van der Waals surface area (Å²) in [6.07, 6.45) is 1.74. The van der Waals surface area contributed by atoms with Crippen molar-refractivity contribution in [2.45, 2.75) is 20.4 Å². The minimum atomic E-state index is 0.586. The van der Waals surface area contributed by atoms with E-state index in [1.54, 1.807) is 6.20 Å². The van der Waals surface area contributed by atoms with Crippen molar-refractivity contribution in [2.24, 2.45) is 0 Å². The molecule has 0 amide bonds. The first-order chi connectivity index (χ1) is 8.56. The highest BCUT2D eigenvalue weighted by molar-refractivity contribution is 6.35. The lowest BCUT2D eigenvalue weighted by molar-refractivity contribution is 0.955. The van der Waals surface area contributed by atoms with E-state index in [1.807, 2.05) is 32.0 Å².